The Balaban J connectivity index is 1.51. The number of fused-ring (bicyclic) bond motifs is 3. The molecule has 0 atom stereocenters. The highest BCUT2D eigenvalue weighted by Crippen LogP contribution is 2.33. The summed E-state index contributed by atoms with van der Waals surface area (Å²) < 4.78 is 1.51. The minimum absolute atomic E-state index is 0.0357. The van der Waals surface area contributed by atoms with Gasteiger partial charge in [-0.2, -0.15) is 0 Å². The number of aromatic nitrogens is 2. The quantitative estimate of drug-likeness (QED) is 0.677. The Morgan fingerprint density at radius 2 is 2.15 bits per heavy atom. The number of hydrogen-bond acceptors (Lipinski definition) is 5. The first-order valence-electron chi connectivity index (χ1n) is 9.12. The van der Waals surface area contributed by atoms with E-state index in [1.54, 1.807) is 23.5 Å². The second kappa shape index (κ2) is 7.15. The van der Waals surface area contributed by atoms with Gasteiger partial charge in [-0.15, -0.1) is 11.3 Å². The Bertz CT molecular complexity index is 1080. The molecular weight excluding hydrogens is 362 g/mol. The van der Waals surface area contributed by atoms with Gasteiger partial charge in [-0.3, -0.25) is 14.2 Å². The topological polar surface area (TPSA) is 84.2 Å². The van der Waals surface area contributed by atoms with Crippen molar-refractivity contribution in [1.82, 2.24) is 9.55 Å². The molecule has 6 nitrogen and oxygen atoms in total. The maximum atomic E-state index is 12.9. The third-order valence-electron chi connectivity index (χ3n) is 4.95. The molecule has 0 aliphatic heterocycles. The maximum absolute atomic E-state index is 12.9. The molecule has 27 heavy (non-hydrogen) atoms. The molecule has 2 N–H and O–H groups in total. The van der Waals surface area contributed by atoms with Crippen molar-refractivity contribution in [3.8, 4) is 5.75 Å². The lowest BCUT2D eigenvalue weighted by Crippen LogP contribution is -2.24. The average Bonchev–Trinajstić information content (AvgIpc) is 3.03. The van der Waals surface area contributed by atoms with Gasteiger partial charge in [0.1, 0.15) is 10.6 Å². The van der Waals surface area contributed by atoms with Gasteiger partial charge in [0.2, 0.25) is 5.91 Å². The number of hydrogen-bond donors (Lipinski definition) is 2. The van der Waals surface area contributed by atoms with Gasteiger partial charge in [0.05, 0.1) is 17.4 Å². The molecule has 0 spiro atoms. The summed E-state index contributed by atoms with van der Waals surface area (Å²) in [6, 6.07) is 5.08. The minimum Gasteiger partial charge on any atom is -0.506 e. The SMILES string of the molecule is Cc1ccc(NC(=O)CCn2cnc3sc4c(c3c2=O)CCCC4)c(O)c1. The van der Waals surface area contributed by atoms with E-state index in [0.717, 1.165) is 40.6 Å². The molecule has 0 saturated carbocycles. The van der Waals surface area contributed by atoms with Gasteiger partial charge in [-0.1, -0.05) is 6.07 Å². The van der Waals surface area contributed by atoms with Crippen LogP contribution in [0.5, 0.6) is 5.75 Å². The van der Waals surface area contributed by atoms with E-state index >= 15 is 0 Å². The van der Waals surface area contributed by atoms with Gasteiger partial charge in [-0.25, -0.2) is 4.98 Å². The smallest absolute Gasteiger partial charge is 0.262 e. The Morgan fingerprint density at radius 3 is 2.96 bits per heavy atom. The number of nitrogens with zero attached hydrogens (tertiary/aromatic N) is 2. The molecule has 7 heteroatoms. The molecule has 3 aromatic rings. The van der Waals surface area contributed by atoms with Crippen LogP contribution in [-0.2, 0) is 24.2 Å². The number of aryl methyl sites for hydroxylation is 4. The van der Waals surface area contributed by atoms with Crippen LogP contribution in [0.3, 0.4) is 0 Å². The van der Waals surface area contributed by atoms with Crippen molar-refractivity contribution in [3.63, 3.8) is 0 Å². The van der Waals surface area contributed by atoms with E-state index in [-0.39, 0.29) is 30.2 Å². The van der Waals surface area contributed by atoms with Crippen molar-refractivity contribution < 1.29 is 9.90 Å². The van der Waals surface area contributed by atoms with E-state index in [0.29, 0.717) is 5.69 Å². The van der Waals surface area contributed by atoms with Crippen molar-refractivity contribution in [2.45, 2.75) is 45.6 Å². The van der Waals surface area contributed by atoms with Crippen molar-refractivity contribution in [2.24, 2.45) is 0 Å². The summed E-state index contributed by atoms with van der Waals surface area (Å²) >= 11 is 1.62. The van der Waals surface area contributed by atoms with Gasteiger partial charge < -0.3 is 10.4 Å². The largest absolute Gasteiger partial charge is 0.506 e. The number of carbonyl (C=O) groups is 1. The molecule has 0 saturated heterocycles. The number of thiophene rings is 1. The van der Waals surface area contributed by atoms with Crippen LogP contribution in [0.2, 0.25) is 0 Å². The predicted octanol–water partition coefficient (Wildman–Crippen LogP) is 3.38. The second-order valence-electron chi connectivity index (χ2n) is 6.95. The van der Waals surface area contributed by atoms with E-state index in [2.05, 4.69) is 10.3 Å². The average molecular weight is 383 g/mol. The number of nitrogens with one attached hydrogen (secondary N) is 1. The Kier molecular flexibility index (Phi) is 4.70. The van der Waals surface area contributed by atoms with Crippen LogP contribution >= 0.6 is 11.3 Å². The number of phenols is 1. The third-order valence-corrected chi connectivity index (χ3v) is 6.15. The molecule has 1 aliphatic rings. The third kappa shape index (κ3) is 3.47. The van der Waals surface area contributed by atoms with Crippen LogP contribution in [0, 0.1) is 6.92 Å². The monoisotopic (exact) mass is 383 g/mol. The van der Waals surface area contributed by atoms with E-state index in [9.17, 15) is 14.7 Å². The lowest BCUT2D eigenvalue weighted by molar-refractivity contribution is -0.116. The highest BCUT2D eigenvalue weighted by molar-refractivity contribution is 7.18. The van der Waals surface area contributed by atoms with Crippen molar-refractivity contribution >= 4 is 33.1 Å². The molecule has 1 aliphatic carbocycles. The number of amides is 1. The molecule has 1 aromatic carbocycles. The maximum Gasteiger partial charge on any atom is 0.262 e. The number of aromatic hydroxyl groups is 1. The first-order valence-corrected chi connectivity index (χ1v) is 9.94. The molecule has 1 amide bonds. The molecule has 4 rings (SSSR count). The van der Waals surface area contributed by atoms with E-state index in [1.807, 2.05) is 13.0 Å². The molecule has 2 aromatic heterocycles. The summed E-state index contributed by atoms with van der Waals surface area (Å²) in [5, 5.41) is 13.3. The van der Waals surface area contributed by atoms with Crippen LogP contribution in [0.1, 0.15) is 35.3 Å². The first-order chi connectivity index (χ1) is 13.0. The standard InChI is InChI=1S/C20H21N3O3S/c1-12-6-7-14(15(24)10-12)22-17(25)8-9-23-11-21-19-18(20(23)26)13-4-2-3-5-16(13)27-19/h6-7,10-11,24H,2-5,8-9H2,1H3,(H,22,25). The number of carbonyl (C=O) groups excluding carboxylic acids is 1. The molecular formula is C20H21N3O3S. The molecule has 2 heterocycles. The minimum atomic E-state index is -0.256. The zero-order valence-electron chi connectivity index (χ0n) is 15.1. The Hall–Kier alpha value is -2.67. The highest BCUT2D eigenvalue weighted by Gasteiger charge is 2.20. The van der Waals surface area contributed by atoms with Gasteiger partial charge in [0.25, 0.3) is 5.56 Å². The summed E-state index contributed by atoms with van der Waals surface area (Å²) in [6.45, 7) is 2.12. The van der Waals surface area contributed by atoms with Crippen LogP contribution in [-0.4, -0.2) is 20.6 Å². The van der Waals surface area contributed by atoms with Gasteiger partial charge in [-0.05, 0) is 55.9 Å². The summed E-state index contributed by atoms with van der Waals surface area (Å²) in [7, 11) is 0. The van der Waals surface area contributed by atoms with Crippen molar-refractivity contribution in [2.75, 3.05) is 5.32 Å². The van der Waals surface area contributed by atoms with Crippen molar-refractivity contribution in [1.29, 1.82) is 0 Å². The van der Waals surface area contributed by atoms with Gasteiger partial charge >= 0.3 is 0 Å². The van der Waals surface area contributed by atoms with Crippen LogP contribution in [0.15, 0.2) is 29.3 Å². The fraction of sp³-hybridized carbons (Fsp3) is 0.350. The molecule has 0 bridgehead atoms. The van der Waals surface area contributed by atoms with Gasteiger partial charge in [0, 0.05) is 17.8 Å². The second-order valence-corrected chi connectivity index (χ2v) is 8.04. The highest BCUT2D eigenvalue weighted by atomic mass is 32.1. The van der Waals surface area contributed by atoms with Gasteiger partial charge in [0.15, 0.2) is 0 Å². The lowest BCUT2D eigenvalue weighted by atomic mass is 9.97. The zero-order chi connectivity index (χ0) is 19.0. The van der Waals surface area contributed by atoms with Crippen LogP contribution < -0.4 is 10.9 Å². The fourth-order valence-electron chi connectivity index (χ4n) is 3.52. The van der Waals surface area contributed by atoms with E-state index in [1.165, 1.54) is 22.2 Å². The number of phenolic OH excluding ortho intramolecular Hbond substituents is 1. The summed E-state index contributed by atoms with van der Waals surface area (Å²) in [4.78, 5) is 31.6. The van der Waals surface area contributed by atoms with Crippen LogP contribution in [0.4, 0.5) is 5.69 Å². The first kappa shape index (κ1) is 17.7. The fourth-order valence-corrected chi connectivity index (χ4v) is 4.74. The number of rotatable bonds is 4. The number of anilines is 1. The molecule has 140 valence electrons. The van der Waals surface area contributed by atoms with Crippen LogP contribution in [0.25, 0.3) is 10.2 Å². The molecule has 0 radical (unpaired) electrons. The summed E-state index contributed by atoms with van der Waals surface area (Å²) in [5.74, 6) is -0.220. The Morgan fingerprint density at radius 1 is 1.33 bits per heavy atom. The zero-order valence-corrected chi connectivity index (χ0v) is 15.9. The normalized spacial score (nSPS) is 13.5. The lowest BCUT2D eigenvalue weighted by Gasteiger charge is -2.11. The van der Waals surface area contributed by atoms with E-state index < -0.39 is 0 Å². The summed E-state index contributed by atoms with van der Waals surface area (Å²) in [6.07, 6.45) is 5.90. The number of benzene rings is 1. The Labute approximate surface area is 160 Å². The summed E-state index contributed by atoms with van der Waals surface area (Å²) in [5.41, 5.74) is 2.38. The molecule has 0 fully saturated rings. The molecule has 0 unspecified atom stereocenters. The van der Waals surface area contributed by atoms with Crippen molar-refractivity contribution in [3.05, 3.63) is 50.9 Å². The van der Waals surface area contributed by atoms with E-state index in [4.69, 9.17) is 0 Å². The predicted molar refractivity (Wildman–Crippen MR) is 107 cm³/mol.